The first-order chi connectivity index (χ1) is 15.3. The van der Waals surface area contributed by atoms with Crippen molar-refractivity contribution in [1.82, 2.24) is 4.98 Å². The van der Waals surface area contributed by atoms with Crippen LogP contribution in [0.1, 0.15) is 0 Å². The molecule has 0 N–H and O–H groups in total. The lowest BCUT2D eigenvalue weighted by molar-refractivity contribution is 1.41. The van der Waals surface area contributed by atoms with Crippen LogP contribution >= 0.6 is 11.6 Å². The largest absolute Gasteiger partial charge is 0.246 e. The van der Waals surface area contributed by atoms with Crippen LogP contribution in [0.25, 0.3) is 54.8 Å². The van der Waals surface area contributed by atoms with Gasteiger partial charge in [0.1, 0.15) is 0 Å². The Kier molecular flexibility index (Phi) is 4.22. The maximum atomic E-state index is 7.04. The van der Waals surface area contributed by atoms with Gasteiger partial charge in [-0.15, -0.1) is 0 Å². The summed E-state index contributed by atoms with van der Waals surface area (Å²) < 4.78 is 0. The Morgan fingerprint density at radius 2 is 1.13 bits per heavy atom. The van der Waals surface area contributed by atoms with Crippen LogP contribution in [0.5, 0.6) is 0 Å². The molecule has 0 saturated carbocycles. The van der Waals surface area contributed by atoms with Gasteiger partial charge in [-0.25, -0.2) is 4.98 Å². The number of fused-ring (bicyclic) bond motifs is 4. The topological polar surface area (TPSA) is 12.9 Å². The fourth-order valence-corrected chi connectivity index (χ4v) is 4.75. The molecule has 6 rings (SSSR count). The molecule has 31 heavy (non-hydrogen) atoms. The van der Waals surface area contributed by atoms with E-state index < -0.39 is 0 Å². The lowest BCUT2D eigenvalue weighted by Crippen LogP contribution is -1.94. The first-order valence-electron chi connectivity index (χ1n) is 10.4. The van der Waals surface area contributed by atoms with Crippen LogP contribution < -0.4 is 0 Å². The second-order valence-corrected chi connectivity index (χ2v) is 8.14. The molecule has 0 fully saturated rings. The molecule has 0 unspecified atom stereocenters. The summed E-state index contributed by atoms with van der Waals surface area (Å²) >= 11 is 7.04. The molecule has 0 aliphatic heterocycles. The lowest BCUT2D eigenvalue weighted by atomic mass is 9.94. The molecule has 1 aromatic heterocycles. The fraction of sp³-hybridized carbons (Fsp3) is 0. The third kappa shape index (κ3) is 2.98. The SMILES string of the molecule is Clc1c(-c2ccccc2)nc2c(ccc3cc4ccccc4cc32)c1-c1ccccc1. The summed E-state index contributed by atoms with van der Waals surface area (Å²) in [4.78, 5) is 5.13. The Hall–Kier alpha value is -3.68. The average Bonchev–Trinajstić information content (AvgIpc) is 2.83. The van der Waals surface area contributed by atoms with Gasteiger partial charge in [-0.1, -0.05) is 109 Å². The summed E-state index contributed by atoms with van der Waals surface area (Å²) in [5, 5.41) is 6.52. The number of rotatable bonds is 2. The molecule has 0 aliphatic carbocycles. The van der Waals surface area contributed by atoms with Crippen LogP contribution in [0.3, 0.4) is 0 Å². The van der Waals surface area contributed by atoms with Gasteiger partial charge in [-0.3, -0.25) is 0 Å². The molecule has 6 aromatic rings. The fourth-order valence-electron chi connectivity index (χ4n) is 4.39. The highest BCUT2D eigenvalue weighted by atomic mass is 35.5. The molecule has 2 heteroatoms. The number of hydrogen-bond donors (Lipinski definition) is 0. The van der Waals surface area contributed by atoms with Crippen molar-refractivity contribution in [2.24, 2.45) is 0 Å². The van der Waals surface area contributed by atoms with Gasteiger partial charge in [-0.2, -0.15) is 0 Å². The van der Waals surface area contributed by atoms with E-state index in [0.717, 1.165) is 38.7 Å². The highest BCUT2D eigenvalue weighted by molar-refractivity contribution is 6.38. The second-order valence-electron chi connectivity index (χ2n) is 7.76. The van der Waals surface area contributed by atoms with Crippen molar-refractivity contribution in [1.29, 1.82) is 0 Å². The van der Waals surface area contributed by atoms with Crippen molar-refractivity contribution < 1.29 is 0 Å². The number of aromatic nitrogens is 1. The average molecular weight is 416 g/mol. The van der Waals surface area contributed by atoms with E-state index in [0.29, 0.717) is 5.02 Å². The molecule has 0 amide bonds. The van der Waals surface area contributed by atoms with Gasteiger partial charge >= 0.3 is 0 Å². The van der Waals surface area contributed by atoms with E-state index in [1.54, 1.807) is 0 Å². The van der Waals surface area contributed by atoms with Gasteiger partial charge in [0.15, 0.2) is 0 Å². The normalized spacial score (nSPS) is 11.4. The zero-order valence-corrected chi connectivity index (χ0v) is 17.5. The molecular weight excluding hydrogens is 398 g/mol. The molecule has 0 radical (unpaired) electrons. The van der Waals surface area contributed by atoms with E-state index in [1.807, 2.05) is 24.3 Å². The Morgan fingerprint density at radius 3 is 1.84 bits per heavy atom. The van der Waals surface area contributed by atoms with Crippen LogP contribution in [0.2, 0.25) is 5.02 Å². The summed E-state index contributed by atoms with van der Waals surface area (Å²) in [6, 6.07) is 37.8. The van der Waals surface area contributed by atoms with Crippen LogP contribution in [-0.4, -0.2) is 4.98 Å². The Morgan fingerprint density at radius 1 is 0.516 bits per heavy atom. The molecule has 1 heterocycles. The van der Waals surface area contributed by atoms with Gasteiger partial charge < -0.3 is 0 Å². The minimum atomic E-state index is 0.685. The molecule has 5 aromatic carbocycles. The van der Waals surface area contributed by atoms with Crippen molar-refractivity contribution in [3.8, 4) is 22.4 Å². The smallest absolute Gasteiger partial charge is 0.0902 e. The summed E-state index contributed by atoms with van der Waals surface area (Å²) in [5.41, 5.74) is 4.93. The van der Waals surface area contributed by atoms with Crippen LogP contribution in [-0.2, 0) is 0 Å². The first kappa shape index (κ1) is 18.1. The third-order valence-corrected chi connectivity index (χ3v) is 6.26. The summed E-state index contributed by atoms with van der Waals surface area (Å²) in [5.74, 6) is 0. The predicted octanol–water partition coefficient (Wildman–Crippen LogP) is 8.53. The number of hydrogen-bond acceptors (Lipinski definition) is 1. The maximum Gasteiger partial charge on any atom is 0.0902 e. The van der Waals surface area contributed by atoms with Gasteiger partial charge in [0.05, 0.1) is 16.2 Å². The molecule has 0 aliphatic rings. The zero-order chi connectivity index (χ0) is 20.8. The van der Waals surface area contributed by atoms with Crippen LogP contribution in [0, 0.1) is 0 Å². The van der Waals surface area contributed by atoms with Gasteiger partial charge in [0, 0.05) is 21.9 Å². The lowest BCUT2D eigenvalue weighted by Gasteiger charge is -2.15. The number of benzene rings is 5. The van der Waals surface area contributed by atoms with E-state index in [1.165, 1.54) is 16.2 Å². The van der Waals surface area contributed by atoms with E-state index in [-0.39, 0.29) is 0 Å². The van der Waals surface area contributed by atoms with Crippen molar-refractivity contribution in [2.45, 2.75) is 0 Å². The molecule has 0 atom stereocenters. The number of nitrogens with zero attached hydrogens (tertiary/aromatic N) is 1. The van der Waals surface area contributed by atoms with Crippen molar-refractivity contribution in [2.75, 3.05) is 0 Å². The minimum absolute atomic E-state index is 0.685. The summed E-state index contributed by atoms with van der Waals surface area (Å²) in [6.45, 7) is 0. The molecule has 146 valence electrons. The van der Waals surface area contributed by atoms with Crippen molar-refractivity contribution >= 4 is 44.0 Å². The van der Waals surface area contributed by atoms with Crippen molar-refractivity contribution in [3.63, 3.8) is 0 Å². The molecular formula is C29H18ClN. The minimum Gasteiger partial charge on any atom is -0.246 e. The molecule has 1 nitrogen and oxygen atoms in total. The number of pyridine rings is 1. The highest BCUT2D eigenvalue weighted by Crippen LogP contribution is 2.42. The maximum absolute atomic E-state index is 7.04. The number of halogens is 1. The highest BCUT2D eigenvalue weighted by Gasteiger charge is 2.18. The van der Waals surface area contributed by atoms with E-state index >= 15 is 0 Å². The Bertz CT molecular complexity index is 1570. The summed E-state index contributed by atoms with van der Waals surface area (Å²) in [6.07, 6.45) is 0. The Labute approximate surface area is 185 Å². The Balaban J connectivity index is 1.80. The zero-order valence-electron chi connectivity index (χ0n) is 16.7. The van der Waals surface area contributed by atoms with Crippen molar-refractivity contribution in [3.05, 3.63) is 114 Å². The standard InChI is InChI=1S/C29H18ClN/c30-27-26(19-9-3-1-4-10-19)24-16-15-23-17-21-13-7-8-14-22(21)18-25(23)29(24)31-28(27)20-11-5-2-6-12-20/h1-18H. The molecule has 0 spiro atoms. The van der Waals surface area contributed by atoms with Gasteiger partial charge in [0.2, 0.25) is 0 Å². The molecule has 0 saturated heterocycles. The predicted molar refractivity (Wildman–Crippen MR) is 133 cm³/mol. The first-order valence-corrected chi connectivity index (χ1v) is 10.7. The second kappa shape index (κ2) is 7.23. The summed E-state index contributed by atoms with van der Waals surface area (Å²) in [7, 11) is 0. The monoisotopic (exact) mass is 415 g/mol. The third-order valence-electron chi connectivity index (χ3n) is 5.89. The van der Waals surface area contributed by atoms with E-state index in [2.05, 4.69) is 84.9 Å². The van der Waals surface area contributed by atoms with Crippen LogP contribution in [0.4, 0.5) is 0 Å². The quantitative estimate of drug-likeness (QED) is 0.204. The van der Waals surface area contributed by atoms with E-state index in [9.17, 15) is 0 Å². The van der Waals surface area contributed by atoms with Gasteiger partial charge in [0.25, 0.3) is 0 Å². The van der Waals surface area contributed by atoms with E-state index in [4.69, 9.17) is 16.6 Å². The van der Waals surface area contributed by atoms with Crippen LogP contribution in [0.15, 0.2) is 109 Å². The molecule has 0 bridgehead atoms. The van der Waals surface area contributed by atoms with Gasteiger partial charge in [-0.05, 0) is 33.9 Å².